The molecule has 2 nitrogen and oxygen atoms in total. The SMILES string of the molecule is C[C@H]1CCNCNCCC(C)(C)CC1. The summed E-state index contributed by atoms with van der Waals surface area (Å²) in [6.45, 7) is 10.5. The van der Waals surface area contributed by atoms with Gasteiger partial charge in [0.2, 0.25) is 0 Å². The van der Waals surface area contributed by atoms with Gasteiger partial charge in [-0.15, -0.1) is 0 Å². The predicted octanol–water partition coefficient (Wildman–Crippen LogP) is 2.36. The van der Waals surface area contributed by atoms with Crippen LogP contribution in [-0.2, 0) is 0 Å². The molecule has 1 rings (SSSR count). The van der Waals surface area contributed by atoms with Crippen LogP contribution in [0.4, 0.5) is 0 Å². The third kappa shape index (κ3) is 4.97. The maximum absolute atomic E-state index is 3.44. The second-order valence-corrected chi connectivity index (χ2v) is 5.52. The highest BCUT2D eigenvalue weighted by Gasteiger charge is 2.18. The van der Waals surface area contributed by atoms with E-state index < -0.39 is 0 Å². The Hall–Kier alpha value is -0.0800. The third-order valence-corrected chi connectivity index (χ3v) is 3.36. The van der Waals surface area contributed by atoms with Crippen molar-refractivity contribution < 1.29 is 0 Å². The van der Waals surface area contributed by atoms with Gasteiger partial charge in [0.15, 0.2) is 0 Å². The zero-order chi connectivity index (χ0) is 10.4. The Morgan fingerprint density at radius 1 is 1.00 bits per heavy atom. The summed E-state index contributed by atoms with van der Waals surface area (Å²) in [5.41, 5.74) is 0.519. The maximum Gasteiger partial charge on any atom is 0.0454 e. The van der Waals surface area contributed by atoms with Gasteiger partial charge in [0.25, 0.3) is 0 Å². The van der Waals surface area contributed by atoms with Gasteiger partial charge in [0, 0.05) is 6.67 Å². The molecular weight excluding hydrogens is 172 g/mol. The van der Waals surface area contributed by atoms with E-state index in [0.717, 1.165) is 25.7 Å². The van der Waals surface area contributed by atoms with E-state index in [-0.39, 0.29) is 0 Å². The van der Waals surface area contributed by atoms with E-state index in [9.17, 15) is 0 Å². The number of hydrogen-bond acceptors (Lipinski definition) is 2. The summed E-state index contributed by atoms with van der Waals surface area (Å²) < 4.78 is 0. The van der Waals surface area contributed by atoms with Gasteiger partial charge >= 0.3 is 0 Å². The molecule has 0 aromatic rings. The van der Waals surface area contributed by atoms with Crippen molar-refractivity contribution in [3.8, 4) is 0 Å². The quantitative estimate of drug-likeness (QED) is 0.624. The molecule has 0 aliphatic carbocycles. The lowest BCUT2D eigenvalue weighted by Crippen LogP contribution is -2.31. The number of hydrogen-bond donors (Lipinski definition) is 2. The molecule has 1 atom stereocenters. The van der Waals surface area contributed by atoms with E-state index in [2.05, 4.69) is 31.4 Å². The lowest BCUT2D eigenvalue weighted by Gasteiger charge is -2.25. The molecule has 1 aliphatic rings. The normalized spacial score (nSPS) is 30.6. The summed E-state index contributed by atoms with van der Waals surface area (Å²) in [7, 11) is 0. The molecule has 84 valence electrons. The second kappa shape index (κ2) is 5.72. The first-order valence-electron chi connectivity index (χ1n) is 6.02. The summed E-state index contributed by atoms with van der Waals surface area (Å²) in [6.07, 6.45) is 5.36. The molecule has 1 heterocycles. The molecular formula is C12H26N2. The van der Waals surface area contributed by atoms with Crippen LogP contribution in [0.5, 0.6) is 0 Å². The highest BCUT2D eigenvalue weighted by Crippen LogP contribution is 2.28. The van der Waals surface area contributed by atoms with E-state index in [1.54, 1.807) is 0 Å². The minimum atomic E-state index is 0.519. The standard InChI is InChI=1S/C12H26N2/c1-11-4-6-12(2,3)7-9-14-10-13-8-5-11/h11,13-14H,4-10H2,1-3H3/t11-/m1/s1. The fourth-order valence-corrected chi connectivity index (χ4v) is 1.95. The molecule has 1 aliphatic heterocycles. The van der Waals surface area contributed by atoms with Crippen LogP contribution in [0.3, 0.4) is 0 Å². The van der Waals surface area contributed by atoms with E-state index in [4.69, 9.17) is 0 Å². The van der Waals surface area contributed by atoms with Crippen LogP contribution >= 0.6 is 0 Å². The zero-order valence-corrected chi connectivity index (χ0v) is 10.0. The van der Waals surface area contributed by atoms with Gasteiger partial charge in [0.05, 0.1) is 0 Å². The Kier molecular flexibility index (Phi) is 4.90. The first kappa shape index (κ1) is 12.0. The molecule has 0 aromatic carbocycles. The molecule has 1 saturated heterocycles. The van der Waals surface area contributed by atoms with Gasteiger partial charge < -0.3 is 10.6 Å². The summed E-state index contributed by atoms with van der Waals surface area (Å²) in [4.78, 5) is 0. The van der Waals surface area contributed by atoms with Gasteiger partial charge in [-0.1, -0.05) is 27.2 Å². The molecule has 0 aromatic heterocycles. The molecule has 0 unspecified atom stereocenters. The Morgan fingerprint density at radius 3 is 2.50 bits per heavy atom. The summed E-state index contributed by atoms with van der Waals surface area (Å²) in [5.74, 6) is 0.875. The highest BCUT2D eigenvalue weighted by atomic mass is 15.0. The summed E-state index contributed by atoms with van der Waals surface area (Å²) >= 11 is 0. The van der Waals surface area contributed by atoms with E-state index >= 15 is 0 Å². The minimum absolute atomic E-state index is 0.519. The van der Waals surface area contributed by atoms with Crippen LogP contribution in [0.25, 0.3) is 0 Å². The average Bonchev–Trinajstić information content (AvgIpc) is 2.15. The Balaban J connectivity index is 2.38. The fourth-order valence-electron chi connectivity index (χ4n) is 1.95. The lowest BCUT2D eigenvalue weighted by atomic mass is 9.82. The predicted molar refractivity (Wildman–Crippen MR) is 62.3 cm³/mol. The second-order valence-electron chi connectivity index (χ2n) is 5.52. The molecule has 0 spiro atoms. The lowest BCUT2D eigenvalue weighted by molar-refractivity contribution is 0.275. The molecule has 0 amide bonds. The topological polar surface area (TPSA) is 24.1 Å². The summed E-state index contributed by atoms with van der Waals surface area (Å²) in [6, 6.07) is 0. The minimum Gasteiger partial charge on any atom is -0.304 e. The van der Waals surface area contributed by atoms with Crippen LogP contribution in [-0.4, -0.2) is 19.8 Å². The van der Waals surface area contributed by atoms with Crippen molar-refractivity contribution in [2.45, 2.75) is 46.5 Å². The average molecular weight is 198 g/mol. The Labute approximate surface area is 88.8 Å². The smallest absolute Gasteiger partial charge is 0.0454 e. The van der Waals surface area contributed by atoms with Crippen molar-refractivity contribution in [3.63, 3.8) is 0 Å². The molecule has 0 radical (unpaired) electrons. The third-order valence-electron chi connectivity index (χ3n) is 3.36. The molecule has 0 bridgehead atoms. The Morgan fingerprint density at radius 2 is 1.71 bits per heavy atom. The van der Waals surface area contributed by atoms with Crippen LogP contribution in [0.1, 0.15) is 46.5 Å². The molecule has 1 fully saturated rings. The van der Waals surface area contributed by atoms with E-state index in [1.165, 1.54) is 25.7 Å². The number of rotatable bonds is 0. The van der Waals surface area contributed by atoms with Crippen molar-refractivity contribution in [2.24, 2.45) is 11.3 Å². The fraction of sp³-hybridized carbons (Fsp3) is 1.00. The van der Waals surface area contributed by atoms with E-state index in [0.29, 0.717) is 5.41 Å². The van der Waals surface area contributed by atoms with Crippen molar-refractivity contribution in [1.82, 2.24) is 10.6 Å². The van der Waals surface area contributed by atoms with Gasteiger partial charge in [0.1, 0.15) is 0 Å². The molecule has 0 saturated carbocycles. The maximum atomic E-state index is 3.44. The highest BCUT2D eigenvalue weighted by molar-refractivity contribution is 4.72. The zero-order valence-electron chi connectivity index (χ0n) is 10.0. The van der Waals surface area contributed by atoms with E-state index in [1.807, 2.05) is 0 Å². The van der Waals surface area contributed by atoms with Crippen LogP contribution in [0.15, 0.2) is 0 Å². The first-order valence-corrected chi connectivity index (χ1v) is 6.02. The van der Waals surface area contributed by atoms with Crippen molar-refractivity contribution in [1.29, 1.82) is 0 Å². The van der Waals surface area contributed by atoms with Gasteiger partial charge in [-0.3, -0.25) is 0 Å². The number of nitrogens with one attached hydrogen (secondary N) is 2. The van der Waals surface area contributed by atoms with Crippen molar-refractivity contribution in [3.05, 3.63) is 0 Å². The van der Waals surface area contributed by atoms with Crippen LogP contribution in [0, 0.1) is 11.3 Å². The van der Waals surface area contributed by atoms with Gasteiger partial charge in [-0.05, 0) is 43.7 Å². The molecule has 2 N–H and O–H groups in total. The molecule has 14 heavy (non-hydrogen) atoms. The van der Waals surface area contributed by atoms with Crippen molar-refractivity contribution in [2.75, 3.05) is 19.8 Å². The largest absolute Gasteiger partial charge is 0.304 e. The molecule has 2 heteroatoms. The van der Waals surface area contributed by atoms with Crippen LogP contribution < -0.4 is 10.6 Å². The van der Waals surface area contributed by atoms with Gasteiger partial charge in [-0.2, -0.15) is 0 Å². The van der Waals surface area contributed by atoms with Gasteiger partial charge in [-0.25, -0.2) is 0 Å². The monoisotopic (exact) mass is 198 g/mol. The first-order chi connectivity index (χ1) is 6.60. The van der Waals surface area contributed by atoms with Crippen LogP contribution in [0.2, 0.25) is 0 Å². The Bertz CT molecular complexity index is 154. The summed E-state index contributed by atoms with van der Waals surface area (Å²) in [5, 5.41) is 6.87. The van der Waals surface area contributed by atoms with Crippen molar-refractivity contribution >= 4 is 0 Å².